The summed E-state index contributed by atoms with van der Waals surface area (Å²) < 4.78 is 24.4. The molecule has 1 aliphatic rings. The maximum atomic E-state index is 12.3. The molecule has 0 radical (unpaired) electrons. The molecule has 8 nitrogen and oxygen atoms in total. The fraction of sp³-hybridized carbons (Fsp3) is 0.462. The molecule has 1 unspecified atom stereocenters. The van der Waals surface area contributed by atoms with E-state index in [0.717, 1.165) is 6.26 Å². The van der Waals surface area contributed by atoms with Gasteiger partial charge in [-0.15, -0.1) is 0 Å². The van der Waals surface area contributed by atoms with Gasteiger partial charge in [-0.1, -0.05) is 11.6 Å². The SMILES string of the molecule is CS(=O)(=O)N1CCCC(C(=O)Nc2ccc(Cl)c([N+](=O)[O-])c2)C1. The Bertz CT molecular complexity index is 737. The van der Waals surface area contributed by atoms with Crippen molar-refractivity contribution in [1.29, 1.82) is 0 Å². The molecule has 0 bridgehead atoms. The topological polar surface area (TPSA) is 110 Å². The largest absolute Gasteiger partial charge is 0.326 e. The second kappa shape index (κ2) is 6.81. The Morgan fingerprint density at radius 1 is 1.48 bits per heavy atom. The van der Waals surface area contributed by atoms with E-state index in [9.17, 15) is 23.3 Å². The third-order valence-electron chi connectivity index (χ3n) is 3.63. The van der Waals surface area contributed by atoms with Gasteiger partial charge in [0.15, 0.2) is 0 Å². The summed E-state index contributed by atoms with van der Waals surface area (Å²) in [5.41, 5.74) is -0.0477. The Kier molecular flexibility index (Phi) is 5.23. The van der Waals surface area contributed by atoms with Crippen molar-refractivity contribution in [3.8, 4) is 0 Å². The van der Waals surface area contributed by atoms with Crippen LogP contribution in [0.2, 0.25) is 5.02 Å². The van der Waals surface area contributed by atoms with E-state index in [0.29, 0.717) is 19.4 Å². The number of hydrogen-bond donors (Lipinski definition) is 1. The van der Waals surface area contributed by atoms with Crippen LogP contribution in [0.4, 0.5) is 11.4 Å². The standard InChI is InChI=1S/C13H16ClN3O5S/c1-23(21,22)16-6-2-3-9(8-16)13(18)15-10-4-5-11(14)12(7-10)17(19)20/h4-5,7,9H,2-3,6,8H2,1H3,(H,15,18). The van der Waals surface area contributed by atoms with Crippen LogP contribution in [0.25, 0.3) is 0 Å². The molecule has 1 aromatic carbocycles. The first-order chi connectivity index (χ1) is 10.7. The van der Waals surface area contributed by atoms with Crippen LogP contribution in [0.3, 0.4) is 0 Å². The van der Waals surface area contributed by atoms with Gasteiger partial charge in [0.05, 0.1) is 17.1 Å². The van der Waals surface area contributed by atoms with E-state index in [1.54, 1.807) is 0 Å². The first-order valence-electron chi connectivity index (χ1n) is 6.88. The number of rotatable bonds is 4. The molecule has 10 heteroatoms. The van der Waals surface area contributed by atoms with Crippen LogP contribution in [-0.2, 0) is 14.8 Å². The number of nitro groups is 1. The normalized spacial score (nSPS) is 19.3. The average molecular weight is 362 g/mol. The Morgan fingerprint density at radius 3 is 2.78 bits per heavy atom. The molecule has 1 aliphatic heterocycles. The second-order valence-electron chi connectivity index (χ2n) is 5.37. The lowest BCUT2D eigenvalue weighted by atomic mass is 9.98. The summed E-state index contributed by atoms with van der Waals surface area (Å²) in [5.74, 6) is -0.858. The number of piperidine rings is 1. The molecule has 0 aliphatic carbocycles. The van der Waals surface area contributed by atoms with Crippen molar-refractivity contribution >= 4 is 38.9 Å². The van der Waals surface area contributed by atoms with Gasteiger partial charge >= 0.3 is 0 Å². The maximum absolute atomic E-state index is 12.3. The average Bonchev–Trinajstić information content (AvgIpc) is 2.48. The van der Waals surface area contributed by atoms with Gasteiger partial charge in [0.1, 0.15) is 5.02 Å². The summed E-state index contributed by atoms with van der Waals surface area (Å²) >= 11 is 5.72. The number of carbonyl (C=O) groups is 1. The van der Waals surface area contributed by atoms with Crippen LogP contribution in [0, 0.1) is 16.0 Å². The molecule has 1 N–H and O–H groups in total. The lowest BCUT2D eigenvalue weighted by molar-refractivity contribution is -0.384. The van der Waals surface area contributed by atoms with Gasteiger partial charge in [0.2, 0.25) is 15.9 Å². The molecule has 1 heterocycles. The molecule has 0 spiro atoms. The fourth-order valence-electron chi connectivity index (χ4n) is 2.43. The van der Waals surface area contributed by atoms with Crippen LogP contribution >= 0.6 is 11.6 Å². The Labute approximate surface area is 138 Å². The van der Waals surface area contributed by atoms with Gasteiger partial charge in [-0.05, 0) is 25.0 Å². The van der Waals surface area contributed by atoms with Gasteiger partial charge in [-0.3, -0.25) is 14.9 Å². The smallest absolute Gasteiger partial charge is 0.289 e. The number of benzene rings is 1. The molecule has 0 saturated carbocycles. The molecular weight excluding hydrogens is 346 g/mol. The quantitative estimate of drug-likeness (QED) is 0.650. The van der Waals surface area contributed by atoms with Gasteiger partial charge in [-0.25, -0.2) is 12.7 Å². The maximum Gasteiger partial charge on any atom is 0.289 e. The lowest BCUT2D eigenvalue weighted by Crippen LogP contribution is -2.43. The van der Waals surface area contributed by atoms with Crippen molar-refractivity contribution < 1.29 is 18.1 Å². The number of sulfonamides is 1. The number of nitro benzene ring substituents is 1. The number of hydrogen-bond acceptors (Lipinski definition) is 5. The molecule has 1 fully saturated rings. The summed E-state index contributed by atoms with van der Waals surface area (Å²) in [5, 5.41) is 13.4. The Morgan fingerprint density at radius 2 is 2.17 bits per heavy atom. The van der Waals surface area contributed by atoms with Crippen molar-refractivity contribution in [2.45, 2.75) is 12.8 Å². The third kappa shape index (κ3) is 4.40. The zero-order valence-electron chi connectivity index (χ0n) is 12.4. The van der Waals surface area contributed by atoms with Crippen LogP contribution in [0.15, 0.2) is 18.2 Å². The first-order valence-corrected chi connectivity index (χ1v) is 9.11. The highest BCUT2D eigenvalue weighted by Crippen LogP contribution is 2.28. The molecule has 1 atom stereocenters. The highest BCUT2D eigenvalue weighted by molar-refractivity contribution is 7.88. The molecule has 1 saturated heterocycles. The summed E-state index contributed by atoms with van der Waals surface area (Å²) in [6.07, 6.45) is 2.26. The van der Waals surface area contributed by atoms with Gasteiger partial charge < -0.3 is 5.32 Å². The summed E-state index contributed by atoms with van der Waals surface area (Å²) in [7, 11) is -3.34. The van der Waals surface area contributed by atoms with E-state index in [4.69, 9.17) is 11.6 Å². The highest BCUT2D eigenvalue weighted by Gasteiger charge is 2.30. The van der Waals surface area contributed by atoms with Crippen LogP contribution in [-0.4, -0.2) is 42.9 Å². The van der Waals surface area contributed by atoms with E-state index >= 15 is 0 Å². The molecular formula is C13H16ClN3O5S. The van der Waals surface area contributed by atoms with Gasteiger partial charge in [-0.2, -0.15) is 0 Å². The highest BCUT2D eigenvalue weighted by atomic mass is 35.5. The Hall–Kier alpha value is -1.71. The third-order valence-corrected chi connectivity index (χ3v) is 5.22. The number of carbonyl (C=O) groups excluding carboxylic acids is 1. The first kappa shape index (κ1) is 17.6. The number of halogens is 1. The number of anilines is 1. The van der Waals surface area contributed by atoms with Crippen LogP contribution in [0.1, 0.15) is 12.8 Å². The number of nitrogens with one attached hydrogen (secondary N) is 1. The van der Waals surface area contributed by atoms with Crippen LogP contribution < -0.4 is 5.32 Å². The van der Waals surface area contributed by atoms with E-state index in [1.807, 2.05) is 0 Å². The van der Waals surface area contributed by atoms with E-state index in [1.165, 1.54) is 22.5 Å². The van der Waals surface area contributed by atoms with Crippen molar-refractivity contribution in [3.63, 3.8) is 0 Å². The van der Waals surface area contributed by atoms with Crippen molar-refractivity contribution in [2.75, 3.05) is 24.7 Å². The second-order valence-corrected chi connectivity index (χ2v) is 7.76. The molecule has 23 heavy (non-hydrogen) atoms. The van der Waals surface area contributed by atoms with E-state index in [-0.39, 0.29) is 28.8 Å². The number of nitrogens with zero attached hydrogens (tertiary/aromatic N) is 2. The van der Waals surface area contributed by atoms with Crippen molar-refractivity contribution in [1.82, 2.24) is 4.31 Å². The summed E-state index contributed by atoms with van der Waals surface area (Å²) in [6, 6.07) is 3.97. The predicted molar refractivity (Wildman–Crippen MR) is 85.9 cm³/mol. The summed E-state index contributed by atoms with van der Waals surface area (Å²) in [4.78, 5) is 22.5. The Balaban J connectivity index is 2.10. The van der Waals surface area contributed by atoms with Gasteiger partial charge in [0.25, 0.3) is 5.69 Å². The molecule has 126 valence electrons. The predicted octanol–water partition coefficient (Wildman–Crippen LogP) is 1.86. The van der Waals surface area contributed by atoms with Crippen molar-refractivity contribution in [3.05, 3.63) is 33.3 Å². The van der Waals surface area contributed by atoms with Gasteiger partial charge in [0, 0.05) is 24.8 Å². The minimum absolute atomic E-state index is 0.0195. The fourth-order valence-corrected chi connectivity index (χ4v) is 3.53. The van der Waals surface area contributed by atoms with Crippen molar-refractivity contribution in [2.24, 2.45) is 5.92 Å². The zero-order valence-corrected chi connectivity index (χ0v) is 13.9. The lowest BCUT2D eigenvalue weighted by Gasteiger charge is -2.30. The molecule has 0 aromatic heterocycles. The summed E-state index contributed by atoms with van der Waals surface area (Å²) in [6.45, 7) is 0.509. The molecule has 2 rings (SSSR count). The van der Waals surface area contributed by atoms with Crippen LogP contribution in [0.5, 0.6) is 0 Å². The van der Waals surface area contributed by atoms with E-state index in [2.05, 4.69) is 5.32 Å². The number of amides is 1. The molecule has 1 aromatic rings. The molecule has 1 amide bonds. The minimum atomic E-state index is -3.34. The zero-order chi connectivity index (χ0) is 17.2. The minimum Gasteiger partial charge on any atom is -0.326 e. The monoisotopic (exact) mass is 361 g/mol. The van der Waals surface area contributed by atoms with E-state index < -0.39 is 20.9 Å².